The van der Waals surface area contributed by atoms with Gasteiger partial charge in [0.05, 0.1) is 10.8 Å². The Bertz CT molecular complexity index is 853. The highest BCUT2D eigenvalue weighted by molar-refractivity contribution is 8.00. The number of amides is 1. The maximum absolute atomic E-state index is 12.1. The van der Waals surface area contributed by atoms with Gasteiger partial charge >= 0.3 is 0 Å². The third kappa shape index (κ3) is 5.55. The molecule has 0 fully saturated rings. The molecule has 3 nitrogen and oxygen atoms in total. The van der Waals surface area contributed by atoms with Crippen LogP contribution in [0.5, 0.6) is 5.75 Å². The molecular formula is C21H18ClNO2S. The Balaban J connectivity index is 1.47. The zero-order valence-corrected chi connectivity index (χ0v) is 15.6. The Morgan fingerprint density at radius 3 is 2.35 bits per heavy atom. The van der Waals surface area contributed by atoms with Crippen LogP contribution in [0.15, 0.2) is 83.8 Å². The van der Waals surface area contributed by atoms with Gasteiger partial charge in [-0.1, -0.05) is 54.1 Å². The molecule has 0 aromatic heterocycles. The third-order valence-corrected chi connectivity index (χ3v) is 5.10. The van der Waals surface area contributed by atoms with E-state index in [0.29, 0.717) is 17.4 Å². The SMILES string of the molecule is O=C(CSc1ccccc1Cl)Nc1ccc(OCc2ccccc2)cc1. The summed E-state index contributed by atoms with van der Waals surface area (Å²) < 4.78 is 5.74. The smallest absolute Gasteiger partial charge is 0.234 e. The number of carbonyl (C=O) groups is 1. The molecule has 3 rings (SSSR count). The molecule has 0 atom stereocenters. The molecule has 0 radical (unpaired) electrons. The van der Waals surface area contributed by atoms with Crippen LogP contribution in [0.2, 0.25) is 5.02 Å². The van der Waals surface area contributed by atoms with Gasteiger partial charge in [0, 0.05) is 10.6 Å². The quantitative estimate of drug-likeness (QED) is 0.536. The maximum atomic E-state index is 12.1. The summed E-state index contributed by atoms with van der Waals surface area (Å²) >= 11 is 7.51. The average molecular weight is 384 g/mol. The lowest BCUT2D eigenvalue weighted by atomic mass is 10.2. The molecule has 0 spiro atoms. The van der Waals surface area contributed by atoms with E-state index < -0.39 is 0 Å². The van der Waals surface area contributed by atoms with Gasteiger partial charge in [-0.3, -0.25) is 4.79 Å². The third-order valence-electron chi connectivity index (χ3n) is 3.58. The number of hydrogen-bond donors (Lipinski definition) is 1. The molecule has 0 saturated heterocycles. The first-order valence-electron chi connectivity index (χ1n) is 8.15. The second-order valence-corrected chi connectivity index (χ2v) is 6.99. The highest BCUT2D eigenvalue weighted by Gasteiger charge is 2.06. The van der Waals surface area contributed by atoms with Gasteiger partial charge in [-0.05, 0) is 42.0 Å². The van der Waals surface area contributed by atoms with Gasteiger partial charge in [-0.2, -0.15) is 0 Å². The lowest BCUT2D eigenvalue weighted by molar-refractivity contribution is -0.113. The standard InChI is InChI=1S/C21H18ClNO2S/c22-19-8-4-5-9-20(19)26-15-21(24)23-17-10-12-18(13-11-17)25-14-16-6-2-1-3-7-16/h1-13H,14-15H2,(H,23,24). The van der Waals surface area contributed by atoms with E-state index in [4.69, 9.17) is 16.3 Å². The van der Waals surface area contributed by atoms with Gasteiger partial charge in [0.2, 0.25) is 5.91 Å². The second kappa shape index (κ2) is 9.32. The van der Waals surface area contributed by atoms with Gasteiger partial charge in [-0.15, -0.1) is 11.8 Å². The van der Waals surface area contributed by atoms with Crippen LogP contribution < -0.4 is 10.1 Å². The fourth-order valence-corrected chi connectivity index (χ4v) is 3.32. The van der Waals surface area contributed by atoms with E-state index in [0.717, 1.165) is 21.9 Å². The van der Waals surface area contributed by atoms with Crippen molar-refractivity contribution in [1.29, 1.82) is 0 Å². The van der Waals surface area contributed by atoms with Crippen molar-refractivity contribution < 1.29 is 9.53 Å². The minimum Gasteiger partial charge on any atom is -0.489 e. The van der Waals surface area contributed by atoms with E-state index in [-0.39, 0.29) is 5.91 Å². The number of halogens is 1. The average Bonchev–Trinajstić information content (AvgIpc) is 2.68. The van der Waals surface area contributed by atoms with Crippen LogP contribution in [-0.2, 0) is 11.4 Å². The van der Waals surface area contributed by atoms with Crippen molar-refractivity contribution in [2.75, 3.05) is 11.1 Å². The van der Waals surface area contributed by atoms with E-state index in [1.54, 1.807) is 0 Å². The highest BCUT2D eigenvalue weighted by atomic mass is 35.5. The van der Waals surface area contributed by atoms with Crippen LogP contribution in [-0.4, -0.2) is 11.7 Å². The van der Waals surface area contributed by atoms with Crippen molar-refractivity contribution in [3.8, 4) is 5.75 Å². The van der Waals surface area contributed by atoms with Crippen LogP contribution in [0, 0.1) is 0 Å². The molecule has 5 heteroatoms. The Kier molecular flexibility index (Phi) is 6.58. The van der Waals surface area contributed by atoms with Gasteiger partial charge in [0.25, 0.3) is 0 Å². The molecule has 0 bridgehead atoms. The van der Waals surface area contributed by atoms with Crippen LogP contribution in [0.4, 0.5) is 5.69 Å². The van der Waals surface area contributed by atoms with Crippen molar-refractivity contribution in [3.63, 3.8) is 0 Å². The van der Waals surface area contributed by atoms with Crippen LogP contribution in [0.3, 0.4) is 0 Å². The predicted octanol–water partition coefficient (Wildman–Crippen LogP) is 5.65. The topological polar surface area (TPSA) is 38.3 Å². The molecule has 3 aromatic carbocycles. The van der Waals surface area contributed by atoms with Crippen molar-refractivity contribution in [2.24, 2.45) is 0 Å². The Morgan fingerprint density at radius 1 is 0.923 bits per heavy atom. The zero-order valence-electron chi connectivity index (χ0n) is 14.0. The summed E-state index contributed by atoms with van der Waals surface area (Å²) in [7, 11) is 0. The Morgan fingerprint density at radius 2 is 1.62 bits per heavy atom. The molecule has 0 heterocycles. The number of ether oxygens (including phenoxy) is 1. The fourth-order valence-electron chi connectivity index (χ4n) is 2.28. The minimum absolute atomic E-state index is 0.0760. The molecular weight excluding hydrogens is 366 g/mol. The van der Waals surface area contributed by atoms with Crippen molar-refractivity contribution in [2.45, 2.75) is 11.5 Å². The summed E-state index contributed by atoms with van der Waals surface area (Å²) in [6.45, 7) is 0.515. The highest BCUT2D eigenvalue weighted by Crippen LogP contribution is 2.26. The van der Waals surface area contributed by atoms with Gasteiger partial charge in [0.1, 0.15) is 12.4 Å². The normalized spacial score (nSPS) is 10.3. The monoisotopic (exact) mass is 383 g/mol. The molecule has 0 saturated carbocycles. The summed E-state index contributed by atoms with van der Waals surface area (Å²) in [5.41, 5.74) is 1.85. The van der Waals surface area contributed by atoms with Gasteiger partial charge in [-0.25, -0.2) is 0 Å². The maximum Gasteiger partial charge on any atom is 0.234 e. The van der Waals surface area contributed by atoms with Gasteiger partial charge in [0.15, 0.2) is 0 Å². The number of carbonyl (C=O) groups excluding carboxylic acids is 1. The van der Waals surface area contributed by atoms with Gasteiger partial charge < -0.3 is 10.1 Å². The Labute approximate surface area is 162 Å². The fraction of sp³-hybridized carbons (Fsp3) is 0.0952. The Hall–Kier alpha value is -2.43. The number of thioether (sulfide) groups is 1. The molecule has 1 amide bonds. The summed E-state index contributed by atoms with van der Waals surface area (Å²) in [5, 5.41) is 3.53. The zero-order chi connectivity index (χ0) is 18.2. The first-order chi connectivity index (χ1) is 12.7. The van der Waals surface area contributed by atoms with Crippen molar-refractivity contribution >= 4 is 35.0 Å². The van der Waals surface area contributed by atoms with E-state index >= 15 is 0 Å². The van der Waals surface area contributed by atoms with E-state index in [9.17, 15) is 4.79 Å². The van der Waals surface area contributed by atoms with Crippen LogP contribution in [0.1, 0.15) is 5.56 Å². The summed E-state index contributed by atoms with van der Waals surface area (Å²) in [6.07, 6.45) is 0. The van der Waals surface area contributed by atoms with Crippen molar-refractivity contribution in [1.82, 2.24) is 0 Å². The summed E-state index contributed by atoms with van der Waals surface area (Å²) in [4.78, 5) is 13.0. The largest absolute Gasteiger partial charge is 0.489 e. The molecule has 0 aliphatic rings. The molecule has 0 aliphatic carbocycles. The van der Waals surface area contributed by atoms with E-state index in [2.05, 4.69) is 5.32 Å². The second-order valence-electron chi connectivity index (χ2n) is 5.57. The molecule has 0 unspecified atom stereocenters. The number of nitrogens with one attached hydrogen (secondary N) is 1. The van der Waals surface area contributed by atoms with E-state index in [1.807, 2.05) is 78.9 Å². The number of benzene rings is 3. The first-order valence-corrected chi connectivity index (χ1v) is 9.51. The number of rotatable bonds is 7. The summed E-state index contributed by atoms with van der Waals surface area (Å²) in [5.74, 6) is 0.987. The van der Waals surface area contributed by atoms with Crippen LogP contribution >= 0.6 is 23.4 Å². The number of hydrogen-bond acceptors (Lipinski definition) is 3. The molecule has 0 aliphatic heterocycles. The molecule has 132 valence electrons. The van der Waals surface area contributed by atoms with Crippen molar-refractivity contribution in [3.05, 3.63) is 89.4 Å². The lowest BCUT2D eigenvalue weighted by Gasteiger charge is -2.09. The predicted molar refractivity (Wildman–Crippen MR) is 108 cm³/mol. The first kappa shape index (κ1) is 18.4. The molecule has 3 aromatic rings. The molecule has 26 heavy (non-hydrogen) atoms. The van der Waals surface area contributed by atoms with Crippen LogP contribution in [0.25, 0.3) is 0 Å². The number of anilines is 1. The minimum atomic E-state index is -0.0760. The molecule has 1 N–H and O–H groups in total. The summed E-state index contributed by atoms with van der Waals surface area (Å²) in [6, 6.07) is 24.8. The lowest BCUT2D eigenvalue weighted by Crippen LogP contribution is -2.13. The van der Waals surface area contributed by atoms with E-state index in [1.165, 1.54) is 11.8 Å².